The molecule has 0 saturated heterocycles. The molecule has 4 rings (SSSR count). The maximum absolute atomic E-state index is 13.3. The molecule has 0 fully saturated rings. The van der Waals surface area contributed by atoms with Crippen molar-refractivity contribution in [3.8, 4) is 5.69 Å². The monoisotopic (exact) mass is 405 g/mol. The zero-order valence-electron chi connectivity index (χ0n) is 17.1. The van der Waals surface area contributed by atoms with Gasteiger partial charge in [0.1, 0.15) is 11.2 Å². The van der Waals surface area contributed by atoms with Crippen LogP contribution in [0.25, 0.3) is 16.8 Å². The number of benzene rings is 1. The lowest BCUT2D eigenvalue weighted by Crippen LogP contribution is -2.41. The van der Waals surface area contributed by atoms with Crippen LogP contribution in [0.5, 0.6) is 0 Å². The first-order valence-corrected chi connectivity index (χ1v) is 9.77. The smallest absolute Gasteiger partial charge is 0.295 e. The van der Waals surface area contributed by atoms with E-state index >= 15 is 0 Å². The summed E-state index contributed by atoms with van der Waals surface area (Å²) in [5.41, 5.74) is 3.12. The number of aryl methyl sites for hydroxylation is 1. The number of nitrogens with zero attached hydrogens (tertiary/aromatic N) is 6. The van der Waals surface area contributed by atoms with Crippen molar-refractivity contribution in [1.29, 1.82) is 0 Å². The van der Waals surface area contributed by atoms with Crippen LogP contribution in [0.3, 0.4) is 0 Å². The summed E-state index contributed by atoms with van der Waals surface area (Å²) in [5.74, 6) is -0.197. The molecule has 4 aromatic rings. The lowest BCUT2D eigenvalue weighted by Gasteiger charge is -2.27. The second-order valence-electron chi connectivity index (χ2n) is 6.98. The van der Waals surface area contributed by atoms with E-state index in [1.807, 2.05) is 44.2 Å². The number of aromatic nitrogens is 5. The predicted molar refractivity (Wildman–Crippen MR) is 113 cm³/mol. The largest absolute Gasteiger partial charge is 0.424 e. The lowest BCUT2D eigenvalue weighted by atomic mass is 10.1. The number of amides is 1. The molecule has 1 unspecified atom stereocenters. The zero-order valence-corrected chi connectivity index (χ0v) is 17.1. The highest BCUT2D eigenvalue weighted by molar-refractivity contribution is 5.95. The van der Waals surface area contributed by atoms with Gasteiger partial charge in [-0.1, -0.05) is 19.1 Å². The van der Waals surface area contributed by atoms with Gasteiger partial charge < -0.3 is 14.6 Å². The van der Waals surface area contributed by atoms with Gasteiger partial charge in [0.15, 0.2) is 11.3 Å². The SMILES string of the molecule is CCC(CNc1nc2ccccc2o1)N(C)C(=O)c1nc(C)ccc1-n1nccn1. The average molecular weight is 405 g/mol. The molecule has 1 aromatic carbocycles. The number of likely N-dealkylation sites (N-methyl/N-ethyl adjacent to an activating group) is 1. The van der Waals surface area contributed by atoms with Crippen LogP contribution in [0.4, 0.5) is 6.01 Å². The summed E-state index contributed by atoms with van der Waals surface area (Å²) in [6.45, 7) is 4.37. The van der Waals surface area contributed by atoms with Gasteiger partial charge in [-0.3, -0.25) is 4.79 Å². The molecule has 3 heterocycles. The topological polar surface area (TPSA) is 102 Å². The summed E-state index contributed by atoms with van der Waals surface area (Å²) in [7, 11) is 1.77. The number of para-hydroxylation sites is 2. The molecule has 0 aliphatic carbocycles. The summed E-state index contributed by atoms with van der Waals surface area (Å²) in [6.07, 6.45) is 3.88. The standard InChI is InChI=1S/C21H23N7O2/c1-4-15(13-22-21-26-16-7-5-6-8-18(16)30-21)27(3)20(29)19-17(10-9-14(2)25-19)28-23-11-12-24-28/h5-12,15H,4,13H2,1-3H3,(H,22,26). The van der Waals surface area contributed by atoms with Gasteiger partial charge in [0.05, 0.1) is 12.4 Å². The van der Waals surface area contributed by atoms with Gasteiger partial charge in [0.2, 0.25) is 0 Å². The van der Waals surface area contributed by atoms with Crippen LogP contribution in [0.15, 0.2) is 53.2 Å². The Morgan fingerprint density at radius 2 is 1.93 bits per heavy atom. The predicted octanol–water partition coefficient (Wildman–Crippen LogP) is 3.07. The average Bonchev–Trinajstić information content (AvgIpc) is 3.43. The molecule has 0 aliphatic heterocycles. The number of nitrogens with one attached hydrogen (secondary N) is 1. The van der Waals surface area contributed by atoms with Crippen LogP contribution in [0.1, 0.15) is 29.5 Å². The number of carbonyl (C=O) groups is 1. The summed E-state index contributed by atoms with van der Waals surface area (Å²) < 4.78 is 5.71. The fourth-order valence-corrected chi connectivity index (χ4v) is 3.25. The number of carbonyl (C=O) groups excluding carboxylic acids is 1. The highest BCUT2D eigenvalue weighted by Crippen LogP contribution is 2.19. The van der Waals surface area contributed by atoms with Gasteiger partial charge in [0, 0.05) is 25.3 Å². The van der Waals surface area contributed by atoms with E-state index in [1.165, 1.54) is 4.80 Å². The maximum atomic E-state index is 13.3. The molecular weight excluding hydrogens is 382 g/mol. The Morgan fingerprint density at radius 3 is 2.67 bits per heavy atom. The van der Waals surface area contributed by atoms with Crippen LogP contribution in [-0.2, 0) is 0 Å². The van der Waals surface area contributed by atoms with Crippen LogP contribution in [-0.4, -0.2) is 55.4 Å². The number of oxazole rings is 1. The lowest BCUT2D eigenvalue weighted by molar-refractivity contribution is 0.0729. The molecule has 0 spiro atoms. The van der Waals surface area contributed by atoms with E-state index in [4.69, 9.17) is 4.42 Å². The first kappa shape index (κ1) is 19.6. The molecule has 9 heteroatoms. The van der Waals surface area contributed by atoms with Gasteiger partial charge in [0.25, 0.3) is 11.9 Å². The van der Waals surface area contributed by atoms with Crippen molar-refractivity contribution in [3.05, 3.63) is 60.2 Å². The van der Waals surface area contributed by atoms with Crippen LogP contribution in [0, 0.1) is 6.92 Å². The normalized spacial score (nSPS) is 12.1. The minimum Gasteiger partial charge on any atom is -0.424 e. The molecule has 0 saturated carbocycles. The third-order valence-corrected chi connectivity index (χ3v) is 4.97. The Morgan fingerprint density at radius 1 is 1.17 bits per heavy atom. The van der Waals surface area contributed by atoms with Crippen molar-refractivity contribution in [3.63, 3.8) is 0 Å². The van der Waals surface area contributed by atoms with Crippen molar-refractivity contribution in [2.75, 3.05) is 18.9 Å². The van der Waals surface area contributed by atoms with E-state index in [9.17, 15) is 4.79 Å². The summed E-state index contributed by atoms with van der Waals surface area (Å²) in [4.78, 5) is 25.3. The molecule has 0 radical (unpaired) electrons. The first-order valence-electron chi connectivity index (χ1n) is 9.77. The van der Waals surface area contributed by atoms with E-state index in [-0.39, 0.29) is 11.9 Å². The molecule has 30 heavy (non-hydrogen) atoms. The molecular formula is C21H23N7O2. The van der Waals surface area contributed by atoms with E-state index in [0.29, 0.717) is 23.9 Å². The summed E-state index contributed by atoms with van der Waals surface area (Å²) in [6, 6.07) is 11.6. The Bertz CT molecular complexity index is 1120. The molecule has 3 aromatic heterocycles. The molecule has 1 amide bonds. The minimum atomic E-state index is -0.197. The highest BCUT2D eigenvalue weighted by Gasteiger charge is 2.25. The van der Waals surface area contributed by atoms with Crippen molar-refractivity contribution >= 4 is 23.0 Å². The van der Waals surface area contributed by atoms with Crippen LogP contribution < -0.4 is 5.32 Å². The Hall–Kier alpha value is -3.75. The van der Waals surface area contributed by atoms with Crippen molar-refractivity contribution in [2.24, 2.45) is 0 Å². The van der Waals surface area contributed by atoms with Crippen molar-refractivity contribution in [1.82, 2.24) is 29.9 Å². The molecule has 9 nitrogen and oxygen atoms in total. The number of hydrogen-bond acceptors (Lipinski definition) is 7. The number of anilines is 1. The number of rotatable bonds is 7. The fourth-order valence-electron chi connectivity index (χ4n) is 3.25. The van der Waals surface area contributed by atoms with Gasteiger partial charge >= 0.3 is 0 Å². The van der Waals surface area contributed by atoms with E-state index in [0.717, 1.165) is 23.2 Å². The second-order valence-corrected chi connectivity index (χ2v) is 6.98. The minimum absolute atomic E-state index is 0.0896. The van der Waals surface area contributed by atoms with Gasteiger partial charge in [-0.2, -0.15) is 15.2 Å². The summed E-state index contributed by atoms with van der Waals surface area (Å²) in [5, 5.41) is 11.5. The Balaban J connectivity index is 1.52. The number of fused-ring (bicyclic) bond motifs is 1. The van der Waals surface area contributed by atoms with Crippen LogP contribution >= 0.6 is 0 Å². The van der Waals surface area contributed by atoms with Gasteiger partial charge in [-0.05, 0) is 37.6 Å². The first-order chi connectivity index (χ1) is 14.6. The summed E-state index contributed by atoms with van der Waals surface area (Å²) >= 11 is 0. The van der Waals surface area contributed by atoms with E-state index < -0.39 is 0 Å². The molecule has 1 N–H and O–H groups in total. The van der Waals surface area contributed by atoms with Crippen LogP contribution in [0.2, 0.25) is 0 Å². The maximum Gasteiger partial charge on any atom is 0.295 e. The van der Waals surface area contributed by atoms with E-state index in [2.05, 4.69) is 25.5 Å². The fraction of sp³-hybridized carbons (Fsp3) is 0.286. The van der Waals surface area contributed by atoms with Gasteiger partial charge in [-0.25, -0.2) is 4.98 Å². The molecule has 154 valence electrons. The Kier molecular flexibility index (Phi) is 5.42. The quantitative estimate of drug-likeness (QED) is 0.504. The number of hydrogen-bond donors (Lipinski definition) is 1. The van der Waals surface area contributed by atoms with Gasteiger partial charge in [-0.15, -0.1) is 4.80 Å². The van der Waals surface area contributed by atoms with E-state index in [1.54, 1.807) is 30.4 Å². The third-order valence-electron chi connectivity index (χ3n) is 4.97. The molecule has 1 atom stereocenters. The third kappa shape index (κ3) is 3.86. The Labute approximate surface area is 173 Å². The second kappa shape index (κ2) is 8.32. The number of pyridine rings is 1. The molecule has 0 bridgehead atoms. The zero-order chi connectivity index (χ0) is 21.1. The van der Waals surface area contributed by atoms with Crippen molar-refractivity contribution in [2.45, 2.75) is 26.3 Å². The van der Waals surface area contributed by atoms with Crippen molar-refractivity contribution < 1.29 is 9.21 Å². The molecule has 0 aliphatic rings. The highest BCUT2D eigenvalue weighted by atomic mass is 16.4.